The van der Waals surface area contributed by atoms with Crippen LogP contribution in [-0.4, -0.2) is 33.9 Å². The molecule has 1 atom stereocenters. The second-order valence-corrected chi connectivity index (χ2v) is 6.17. The fourth-order valence-electron chi connectivity index (χ4n) is 2.20. The van der Waals surface area contributed by atoms with Gasteiger partial charge in [0, 0.05) is 30.5 Å². The number of nitrogens with zero attached hydrogens (tertiary/aromatic N) is 2. The summed E-state index contributed by atoms with van der Waals surface area (Å²) in [4.78, 5) is 0. The Morgan fingerprint density at radius 3 is 2.74 bits per heavy atom. The van der Waals surface area contributed by atoms with Crippen molar-refractivity contribution in [3.8, 4) is 0 Å². The number of thioether (sulfide) groups is 1. The molecule has 0 aliphatic heterocycles. The maximum atomic E-state index is 4.54. The minimum atomic E-state index is 0.567. The highest BCUT2D eigenvalue weighted by molar-refractivity contribution is 7.99. The van der Waals surface area contributed by atoms with Gasteiger partial charge in [0.25, 0.3) is 0 Å². The zero-order valence-electron chi connectivity index (χ0n) is 12.9. The molecule has 0 spiro atoms. The predicted octanol–water partition coefficient (Wildman–Crippen LogP) is 3.27. The first-order valence-corrected chi connectivity index (χ1v) is 8.71. The number of aryl methyl sites for hydroxylation is 2. The second kappa shape index (κ2) is 9.43. The molecule has 0 radical (unpaired) electrons. The Morgan fingerprint density at radius 2 is 2.11 bits per heavy atom. The van der Waals surface area contributed by atoms with Gasteiger partial charge in [-0.2, -0.15) is 16.9 Å². The molecule has 3 nitrogen and oxygen atoms in total. The lowest BCUT2D eigenvalue weighted by molar-refractivity contribution is 0.520. The van der Waals surface area contributed by atoms with Gasteiger partial charge < -0.3 is 5.32 Å². The van der Waals surface area contributed by atoms with Gasteiger partial charge in [-0.25, -0.2) is 0 Å². The van der Waals surface area contributed by atoms with Gasteiger partial charge in [0.1, 0.15) is 0 Å². The molecule has 0 saturated heterocycles. The number of hydrogen-bond donors (Lipinski definition) is 1. The Balaban J connectivity index is 2.58. The molecule has 0 aromatic carbocycles. The molecular formula is C15H29N3S. The Hall–Kier alpha value is -0.480. The summed E-state index contributed by atoms with van der Waals surface area (Å²) in [5.41, 5.74) is 2.50. The standard InChI is InChI=1S/C15H29N3S/c1-5-8-16-14(12-19-9-6-2)11-15-10-13(4)17-18(15)7-3/h10,14,16H,5-9,11-12H2,1-4H3. The third-order valence-corrected chi connectivity index (χ3v) is 4.43. The molecule has 19 heavy (non-hydrogen) atoms. The Kier molecular flexibility index (Phi) is 8.22. The van der Waals surface area contributed by atoms with Crippen LogP contribution in [0.2, 0.25) is 0 Å². The molecule has 0 saturated carbocycles. The molecule has 0 bridgehead atoms. The van der Waals surface area contributed by atoms with E-state index in [9.17, 15) is 0 Å². The predicted molar refractivity (Wildman–Crippen MR) is 86.0 cm³/mol. The van der Waals surface area contributed by atoms with Gasteiger partial charge in [0.05, 0.1) is 5.69 Å². The van der Waals surface area contributed by atoms with Crippen LogP contribution in [0.1, 0.15) is 45.0 Å². The molecule has 1 N–H and O–H groups in total. The Bertz CT molecular complexity index is 349. The lowest BCUT2D eigenvalue weighted by Gasteiger charge is -2.18. The van der Waals surface area contributed by atoms with Crippen LogP contribution in [0.25, 0.3) is 0 Å². The van der Waals surface area contributed by atoms with E-state index in [1.54, 1.807) is 0 Å². The Labute approximate surface area is 122 Å². The van der Waals surface area contributed by atoms with Gasteiger partial charge in [0.2, 0.25) is 0 Å². The number of nitrogens with one attached hydrogen (secondary N) is 1. The van der Waals surface area contributed by atoms with Crippen LogP contribution in [-0.2, 0) is 13.0 Å². The normalized spacial score (nSPS) is 12.8. The Morgan fingerprint density at radius 1 is 1.32 bits per heavy atom. The zero-order chi connectivity index (χ0) is 14.1. The van der Waals surface area contributed by atoms with Crippen molar-refractivity contribution in [3.63, 3.8) is 0 Å². The maximum absolute atomic E-state index is 4.54. The van der Waals surface area contributed by atoms with E-state index >= 15 is 0 Å². The van der Waals surface area contributed by atoms with Crippen molar-refractivity contribution in [2.45, 2.75) is 59.5 Å². The lowest BCUT2D eigenvalue weighted by atomic mass is 10.1. The van der Waals surface area contributed by atoms with Crippen molar-refractivity contribution in [1.29, 1.82) is 0 Å². The van der Waals surface area contributed by atoms with E-state index in [1.807, 2.05) is 0 Å². The topological polar surface area (TPSA) is 29.9 Å². The second-order valence-electron chi connectivity index (χ2n) is 5.02. The van der Waals surface area contributed by atoms with Crippen molar-refractivity contribution in [2.24, 2.45) is 0 Å². The van der Waals surface area contributed by atoms with Crippen LogP contribution < -0.4 is 5.32 Å². The minimum absolute atomic E-state index is 0.567. The lowest BCUT2D eigenvalue weighted by Crippen LogP contribution is -2.34. The van der Waals surface area contributed by atoms with Crippen LogP contribution in [0.3, 0.4) is 0 Å². The van der Waals surface area contributed by atoms with Crippen molar-refractivity contribution >= 4 is 11.8 Å². The largest absolute Gasteiger partial charge is 0.313 e. The summed E-state index contributed by atoms with van der Waals surface area (Å²) < 4.78 is 2.14. The molecule has 0 aliphatic rings. The summed E-state index contributed by atoms with van der Waals surface area (Å²) >= 11 is 2.06. The van der Waals surface area contributed by atoms with Gasteiger partial charge in [-0.05, 0) is 45.1 Å². The van der Waals surface area contributed by atoms with Gasteiger partial charge in [0.15, 0.2) is 0 Å². The average molecular weight is 283 g/mol. The summed E-state index contributed by atoms with van der Waals surface area (Å²) in [6.07, 6.45) is 3.55. The molecule has 1 heterocycles. The van der Waals surface area contributed by atoms with Crippen LogP contribution in [0.4, 0.5) is 0 Å². The molecule has 1 unspecified atom stereocenters. The number of rotatable bonds is 10. The third-order valence-electron chi connectivity index (χ3n) is 3.09. The van der Waals surface area contributed by atoms with Crippen LogP contribution >= 0.6 is 11.8 Å². The molecular weight excluding hydrogens is 254 g/mol. The maximum Gasteiger partial charge on any atom is 0.0596 e. The molecule has 1 aromatic rings. The van der Waals surface area contributed by atoms with Crippen LogP contribution in [0, 0.1) is 6.92 Å². The van der Waals surface area contributed by atoms with Crippen LogP contribution in [0.15, 0.2) is 6.07 Å². The fraction of sp³-hybridized carbons (Fsp3) is 0.800. The molecule has 0 aliphatic carbocycles. The highest BCUT2D eigenvalue weighted by atomic mass is 32.2. The van der Waals surface area contributed by atoms with Crippen molar-refractivity contribution in [2.75, 3.05) is 18.1 Å². The SMILES string of the molecule is CCCNC(CSCCC)Cc1cc(C)nn1CC. The van der Waals surface area contributed by atoms with Crippen molar-refractivity contribution in [1.82, 2.24) is 15.1 Å². The van der Waals surface area contributed by atoms with Crippen LogP contribution in [0.5, 0.6) is 0 Å². The van der Waals surface area contributed by atoms with Gasteiger partial charge in [-0.15, -0.1) is 0 Å². The van der Waals surface area contributed by atoms with Crippen molar-refractivity contribution in [3.05, 3.63) is 17.5 Å². The zero-order valence-corrected chi connectivity index (χ0v) is 13.7. The first kappa shape index (κ1) is 16.6. The van der Waals surface area contributed by atoms with E-state index in [1.165, 1.54) is 30.0 Å². The van der Waals surface area contributed by atoms with Gasteiger partial charge in [-0.3, -0.25) is 4.68 Å². The smallest absolute Gasteiger partial charge is 0.0596 e. The van der Waals surface area contributed by atoms with E-state index in [2.05, 4.69) is 60.6 Å². The minimum Gasteiger partial charge on any atom is -0.313 e. The fourth-order valence-corrected chi connectivity index (χ4v) is 3.17. The molecule has 0 fully saturated rings. The summed E-state index contributed by atoms with van der Waals surface area (Å²) in [6, 6.07) is 2.80. The van der Waals surface area contributed by atoms with E-state index in [0.717, 1.165) is 25.2 Å². The monoisotopic (exact) mass is 283 g/mol. The molecule has 1 aromatic heterocycles. The molecule has 1 rings (SSSR count). The molecule has 0 amide bonds. The number of hydrogen-bond acceptors (Lipinski definition) is 3. The molecule has 4 heteroatoms. The van der Waals surface area contributed by atoms with Gasteiger partial charge >= 0.3 is 0 Å². The van der Waals surface area contributed by atoms with Gasteiger partial charge in [-0.1, -0.05) is 13.8 Å². The van der Waals surface area contributed by atoms with E-state index in [4.69, 9.17) is 0 Å². The van der Waals surface area contributed by atoms with E-state index < -0.39 is 0 Å². The third kappa shape index (κ3) is 6.00. The quantitative estimate of drug-likeness (QED) is 0.668. The van der Waals surface area contributed by atoms with E-state index in [-0.39, 0.29) is 0 Å². The van der Waals surface area contributed by atoms with E-state index in [0.29, 0.717) is 6.04 Å². The highest BCUT2D eigenvalue weighted by Gasteiger charge is 2.12. The molecule has 110 valence electrons. The average Bonchev–Trinajstić information content (AvgIpc) is 2.76. The summed E-state index contributed by atoms with van der Waals surface area (Å²) in [7, 11) is 0. The summed E-state index contributed by atoms with van der Waals surface area (Å²) in [5.74, 6) is 2.46. The first-order valence-electron chi connectivity index (χ1n) is 7.55. The number of aromatic nitrogens is 2. The summed E-state index contributed by atoms with van der Waals surface area (Å²) in [6.45, 7) is 10.8. The van der Waals surface area contributed by atoms with Crippen molar-refractivity contribution < 1.29 is 0 Å². The first-order chi connectivity index (χ1) is 9.21. The highest BCUT2D eigenvalue weighted by Crippen LogP contribution is 2.12. The summed E-state index contributed by atoms with van der Waals surface area (Å²) in [5, 5.41) is 8.22.